The van der Waals surface area contributed by atoms with Gasteiger partial charge in [0.2, 0.25) is 10.0 Å². The molecule has 0 saturated carbocycles. The van der Waals surface area contributed by atoms with E-state index in [4.69, 9.17) is 14.6 Å². The molecule has 0 heterocycles. The first-order valence-electron chi connectivity index (χ1n) is 6.07. The van der Waals surface area contributed by atoms with Crippen molar-refractivity contribution in [3.05, 3.63) is 29.3 Å². The number of benzene rings is 1. The van der Waals surface area contributed by atoms with E-state index < -0.39 is 33.2 Å². The maximum Gasteiger partial charge on any atom is 0.243 e. The number of ether oxygens (including phenoxy) is 2. The molecule has 6 nitrogen and oxygen atoms in total. The van der Waals surface area contributed by atoms with Crippen LogP contribution in [0.1, 0.15) is 5.56 Å². The summed E-state index contributed by atoms with van der Waals surface area (Å²) in [5.74, 6) is -2.82. The number of sulfonamides is 1. The van der Waals surface area contributed by atoms with Crippen molar-refractivity contribution >= 4 is 10.0 Å². The van der Waals surface area contributed by atoms with Crippen LogP contribution in [0.2, 0.25) is 0 Å². The van der Waals surface area contributed by atoms with Gasteiger partial charge in [-0.3, -0.25) is 0 Å². The van der Waals surface area contributed by atoms with Gasteiger partial charge in [-0.1, -0.05) is 0 Å². The van der Waals surface area contributed by atoms with Crippen molar-refractivity contribution in [2.24, 2.45) is 0 Å². The highest BCUT2D eigenvalue weighted by molar-refractivity contribution is 7.89. The highest BCUT2D eigenvalue weighted by atomic mass is 32.2. The minimum atomic E-state index is -4.23. The third-order valence-corrected chi connectivity index (χ3v) is 3.96. The molecule has 0 aliphatic carbocycles. The van der Waals surface area contributed by atoms with E-state index in [9.17, 15) is 17.2 Å². The Kier molecular flexibility index (Phi) is 7.12. The van der Waals surface area contributed by atoms with E-state index in [1.807, 2.05) is 0 Å². The number of aliphatic hydroxyl groups excluding tert-OH is 1. The third-order valence-electron chi connectivity index (χ3n) is 2.50. The van der Waals surface area contributed by atoms with Crippen molar-refractivity contribution in [1.29, 1.82) is 0 Å². The Labute approximate surface area is 121 Å². The molecular weight excluding hydrogens is 308 g/mol. The van der Waals surface area contributed by atoms with Crippen molar-refractivity contribution in [1.82, 2.24) is 4.72 Å². The summed E-state index contributed by atoms with van der Waals surface area (Å²) in [6.07, 6.45) is 0. The summed E-state index contributed by atoms with van der Waals surface area (Å²) < 4.78 is 62.5. The van der Waals surface area contributed by atoms with Crippen LogP contribution in [0, 0.1) is 11.6 Å². The zero-order valence-electron chi connectivity index (χ0n) is 11.4. The molecule has 1 aromatic carbocycles. The number of hydrogen-bond donors (Lipinski definition) is 2. The zero-order chi connectivity index (χ0) is 15.9. The molecule has 1 rings (SSSR count). The molecule has 0 amide bonds. The van der Waals surface area contributed by atoms with Crippen LogP contribution < -0.4 is 4.72 Å². The zero-order valence-corrected chi connectivity index (χ0v) is 12.3. The van der Waals surface area contributed by atoms with Gasteiger partial charge in [0.25, 0.3) is 0 Å². The molecule has 0 aromatic heterocycles. The maximum absolute atomic E-state index is 13.6. The molecule has 0 fully saturated rings. The van der Waals surface area contributed by atoms with Crippen molar-refractivity contribution in [2.45, 2.75) is 11.5 Å². The Morgan fingerprint density at radius 3 is 2.57 bits per heavy atom. The molecule has 0 saturated heterocycles. The van der Waals surface area contributed by atoms with Gasteiger partial charge in [0.1, 0.15) is 4.90 Å². The van der Waals surface area contributed by atoms with Crippen LogP contribution >= 0.6 is 0 Å². The minimum absolute atomic E-state index is 0.0365. The summed E-state index contributed by atoms with van der Waals surface area (Å²) in [5, 5.41) is 8.90. The maximum atomic E-state index is 13.6. The fourth-order valence-electron chi connectivity index (χ4n) is 1.47. The summed E-state index contributed by atoms with van der Waals surface area (Å²) in [6.45, 7) is 0.0229. The van der Waals surface area contributed by atoms with E-state index in [1.165, 1.54) is 7.11 Å². The first-order valence-corrected chi connectivity index (χ1v) is 7.56. The molecule has 0 unspecified atom stereocenters. The predicted octanol–water partition coefficient (Wildman–Crippen LogP) is 0.398. The van der Waals surface area contributed by atoms with Crippen molar-refractivity contribution < 1.29 is 31.8 Å². The smallest absolute Gasteiger partial charge is 0.243 e. The van der Waals surface area contributed by atoms with E-state index in [2.05, 4.69) is 4.72 Å². The topological polar surface area (TPSA) is 84.9 Å². The third kappa shape index (κ3) is 5.29. The fourth-order valence-corrected chi connectivity index (χ4v) is 2.62. The number of aliphatic hydroxyl groups is 1. The van der Waals surface area contributed by atoms with Crippen LogP contribution in [0.15, 0.2) is 17.0 Å². The van der Waals surface area contributed by atoms with Gasteiger partial charge in [0.15, 0.2) is 11.6 Å². The number of rotatable bonds is 9. The second kappa shape index (κ2) is 8.35. The second-order valence-electron chi connectivity index (χ2n) is 4.05. The number of methoxy groups -OCH3 is 1. The minimum Gasteiger partial charge on any atom is -0.392 e. The van der Waals surface area contributed by atoms with Crippen LogP contribution in [-0.4, -0.2) is 47.0 Å². The van der Waals surface area contributed by atoms with E-state index in [0.29, 0.717) is 13.2 Å². The lowest BCUT2D eigenvalue weighted by Gasteiger charge is -2.10. The average molecular weight is 325 g/mol. The Balaban J connectivity index is 2.72. The lowest BCUT2D eigenvalue weighted by molar-refractivity contribution is 0.0736. The quantitative estimate of drug-likeness (QED) is 0.642. The van der Waals surface area contributed by atoms with Gasteiger partial charge in [-0.2, -0.15) is 0 Å². The molecule has 0 atom stereocenters. The molecule has 0 spiro atoms. The van der Waals surface area contributed by atoms with Crippen molar-refractivity contribution in [3.63, 3.8) is 0 Å². The van der Waals surface area contributed by atoms with E-state index in [0.717, 1.165) is 12.1 Å². The van der Waals surface area contributed by atoms with E-state index >= 15 is 0 Å². The van der Waals surface area contributed by atoms with Crippen LogP contribution in [0.3, 0.4) is 0 Å². The molecule has 2 N–H and O–H groups in total. The lowest BCUT2D eigenvalue weighted by Crippen LogP contribution is -2.29. The van der Waals surface area contributed by atoms with E-state index in [1.54, 1.807) is 0 Å². The fraction of sp³-hybridized carbons (Fsp3) is 0.500. The summed E-state index contributed by atoms with van der Waals surface area (Å²) in [6, 6.07) is 1.62. The van der Waals surface area contributed by atoms with Gasteiger partial charge < -0.3 is 14.6 Å². The molecule has 0 aliphatic rings. The SMILES string of the molecule is COCCOCCNS(=O)(=O)c1cc(CO)cc(F)c1F. The summed E-state index contributed by atoms with van der Waals surface area (Å²) in [7, 11) is -2.73. The van der Waals surface area contributed by atoms with Crippen LogP contribution in [-0.2, 0) is 26.1 Å². The number of halogens is 2. The van der Waals surface area contributed by atoms with Gasteiger partial charge in [-0.05, 0) is 17.7 Å². The summed E-state index contributed by atoms with van der Waals surface area (Å²) in [4.78, 5) is -0.844. The highest BCUT2D eigenvalue weighted by Gasteiger charge is 2.22. The van der Waals surface area contributed by atoms with Crippen molar-refractivity contribution in [2.75, 3.05) is 33.5 Å². The van der Waals surface area contributed by atoms with Crippen LogP contribution in [0.5, 0.6) is 0 Å². The molecule has 0 aliphatic heterocycles. The first-order chi connectivity index (χ1) is 9.92. The largest absolute Gasteiger partial charge is 0.392 e. The summed E-state index contributed by atoms with van der Waals surface area (Å²) >= 11 is 0. The molecular formula is C12H17F2NO5S. The van der Waals surface area contributed by atoms with Crippen LogP contribution in [0.4, 0.5) is 8.78 Å². The number of nitrogens with one attached hydrogen (secondary N) is 1. The highest BCUT2D eigenvalue weighted by Crippen LogP contribution is 2.19. The lowest BCUT2D eigenvalue weighted by atomic mass is 10.2. The summed E-state index contributed by atoms with van der Waals surface area (Å²) in [5.41, 5.74) is -0.0365. The molecule has 1 aromatic rings. The molecule has 9 heteroatoms. The average Bonchev–Trinajstić information content (AvgIpc) is 2.45. The monoisotopic (exact) mass is 325 g/mol. The first kappa shape index (κ1) is 17.9. The van der Waals surface area contributed by atoms with Gasteiger partial charge in [-0.25, -0.2) is 21.9 Å². The molecule has 0 bridgehead atoms. The normalized spacial score (nSPS) is 11.8. The predicted molar refractivity (Wildman–Crippen MR) is 70.2 cm³/mol. The van der Waals surface area contributed by atoms with Crippen LogP contribution in [0.25, 0.3) is 0 Å². The van der Waals surface area contributed by atoms with E-state index in [-0.39, 0.29) is 18.7 Å². The van der Waals surface area contributed by atoms with Gasteiger partial charge in [-0.15, -0.1) is 0 Å². The Bertz CT molecular complexity index is 565. The van der Waals surface area contributed by atoms with Gasteiger partial charge in [0, 0.05) is 13.7 Å². The second-order valence-corrected chi connectivity index (χ2v) is 5.79. The Hall–Kier alpha value is -1.13. The van der Waals surface area contributed by atoms with Gasteiger partial charge >= 0.3 is 0 Å². The van der Waals surface area contributed by atoms with Gasteiger partial charge in [0.05, 0.1) is 26.4 Å². The Morgan fingerprint density at radius 1 is 1.24 bits per heavy atom. The van der Waals surface area contributed by atoms with Crippen molar-refractivity contribution in [3.8, 4) is 0 Å². The Morgan fingerprint density at radius 2 is 1.95 bits per heavy atom. The molecule has 0 radical (unpaired) electrons. The molecule has 21 heavy (non-hydrogen) atoms. The molecule has 120 valence electrons. The number of hydrogen-bond acceptors (Lipinski definition) is 5. The standard InChI is InChI=1S/C12H17F2NO5S/c1-19-4-5-20-3-2-15-21(17,18)11-7-9(8-16)6-10(13)12(11)14/h6-7,15-16H,2-5,8H2,1H3.